The summed E-state index contributed by atoms with van der Waals surface area (Å²) in [6, 6.07) is 2.98. The number of ether oxygens (including phenoxy) is 2. The highest BCUT2D eigenvalue weighted by Gasteiger charge is 2.21. The van der Waals surface area contributed by atoms with Crippen molar-refractivity contribution >= 4 is 38.4 Å². The molecule has 116 valence electrons. The Labute approximate surface area is 133 Å². The highest BCUT2D eigenvalue weighted by molar-refractivity contribution is 9.10. The second-order valence-corrected chi connectivity index (χ2v) is 6.23. The third kappa shape index (κ3) is 4.78. The summed E-state index contributed by atoms with van der Waals surface area (Å²) in [5, 5.41) is 2.86. The van der Waals surface area contributed by atoms with Crippen LogP contribution in [0.3, 0.4) is 0 Å². The van der Waals surface area contributed by atoms with Gasteiger partial charge in [0.1, 0.15) is 16.4 Å². The first-order valence-electron chi connectivity index (χ1n) is 5.52. The van der Waals surface area contributed by atoms with Gasteiger partial charge in [-0.15, -0.1) is 12.4 Å². The largest absolute Gasteiger partial charge is 0.495 e. The predicted molar refractivity (Wildman–Crippen MR) is 83.6 cm³/mol. The second-order valence-electron chi connectivity index (χ2n) is 3.64. The summed E-state index contributed by atoms with van der Waals surface area (Å²) >= 11 is 3.26. The van der Waals surface area contributed by atoms with Crippen LogP contribution in [0.1, 0.15) is 0 Å². The van der Waals surface area contributed by atoms with Crippen LogP contribution in [0.25, 0.3) is 0 Å². The first kappa shape index (κ1) is 19.5. The van der Waals surface area contributed by atoms with E-state index in [1.54, 1.807) is 7.05 Å². The van der Waals surface area contributed by atoms with Crippen molar-refractivity contribution in [1.82, 2.24) is 10.0 Å². The van der Waals surface area contributed by atoms with E-state index in [1.165, 1.54) is 26.4 Å². The van der Waals surface area contributed by atoms with Crippen molar-refractivity contribution in [2.24, 2.45) is 0 Å². The van der Waals surface area contributed by atoms with Crippen LogP contribution in [-0.2, 0) is 10.0 Å². The fourth-order valence-electron chi connectivity index (χ4n) is 1.43. The summed E-state index contributed by atoms with van der Waals surface area (Å²) < 4.78 is 37.5. The Hall–Kier alpha value is -0.540. The van der Waals surface area contributed by atoms with Gasteiger partial charge in [-0.1, -0.05) is 0 Å². The molecule has 0 atom stereocenters. The fourth-order valence-corrected chi connectivity index (χ4v) is 3.29. The zero-order valence-corrected chi connectivity index (χ0v) is 14.6. The van der Waals surface area contributed by atoms with E-state index in [1.807, 2.05) is 0 Å². The molecule has 20 heavy (non-hydrogen) atoms. The lowest BCUT2D eigenvalue weighted by Crippen LogP contribution is -2.30. The summed E-state index contributed by atoms with van der Waals surface area (Å²) in [5.41, 5.74) is 0. The highest BCUT2D eigenvalue weighted by atomic mass is 79.9. The smallest absolute Gasteiger partial charge is 0.244 e. The zero-order chi connectivity index (χ0) is 14.5. The predicted octanol–water partition coefficient (Wildman–Crippen LogP) is 1.39. The third-order valence-electron chi connectivity index (χ3n) is 2.39. The van der Waals surface area contributed by atoms with Crippen molar-refractivity contribution in [3.05, 3.63) is 16.6 Å². The molecule has 2 N–H and O–H groups in total. The minimum absolute atomic E-state index is 0. The van der Waals surface area contributed by atoms with Crippen molar-refractivity contribution in [2.45, 2.75) is 4.90 Å². The number of hydrogen-bond donors (Lipinski definition) is 2. The van der Waals surface area contributed by atoms with E-state index >= 15 is 0 Å². The molecule has 1 aromatic carbocycles. The summed E-state index contributed by atoms with van der Waals surface area (Å²) in [6.07, 6.45) is 0. The fraction of sp³-hybridized carbons (Fsp3) is 0.455. The van der Waals surface area contributed by atoms with E-state index in [2.05, 4.69) is 26.0 Å². The van der Waals surface area contributed by atoms with Gasteiger partial charge in [0.15, 0.2) is 0 Å². The minimum atomic E-state index is -3.62. The summed E-state index contributed by atoms with van der Waals surface area (Å²) in [6.45, 7) is 0.838. The Morgan fingerprint density at radius 3 is 2.25 bits per heavy atom. The van der Waals surface area contributed by atoms with E-state index in [0.717, 1.165) is 0 Å². The van der Waals surface area contributed by atoms with Gasteiger partial charge in [0, 0.05) is 19.2 Å². The van der Waals surface area contributed by atoms with Crippen molar-refractivity contribution in [3.8, 4) is 11.5 Å². The van der Waals surface area contributed by atoms with E-state index < -0.39 is 10.0 Å². The number of rotatable bonds is 7. The molecule has 1 aromatic rings. The minimum Gasteiger partial charge on any atom is -0.495 e. The SMILES string of the molecule is CNCCNS(=O)(=O)c1cc(Br)c(OC)cc1OC.Cl. The molecule has 0 aliphatic rings. The molecular weight excluding hydrogens is 372 g/mol. The molecule has 1 rings (SSSR count). The Morgan fingerprint density at radius 2 is 1.75 bits per heavy atom. The van der Waals surface area contributed by atoms with Crippen LogP contribution in [-0.4, -0.2) is 42.8 Å². The van der Waals surface area contributed by atoms with Gasteiger partial charge in [0.25, 0.3) is 0 Å². The number of methoxy groups -OCH3 is 2. The van der Waals surface area contributed by atoms with Crippen molar-refractivity contribution < 1.29 is 17.9 Å². The van der Waals surface area contributed by atoms with E-state index in [9.17, 15) is 8.42 Å². The molecule has 6 nitrogen and oxygen atoms in total. The van der Waals surface area contributed by atoms with Gasteiger partial charge in [-0.3, -0.25) is 0 Å². The lowest BCUT2D eigenvalue weighted by molar-refractivity contribution is 0.384. The van der Waals surface area contributed by atoms with Crippen LogP contribution < -0.4 is 19.5 Å². The lowest BCUT2D eigenvalue weighted by Gasteiger charge is -2.13. The molecule has 0 radical (unpaired) electrons. The third-order valence-corrected chi connectivity index (χ3v) is 4.50. The number of benzene rings is 1. The van der Waals surface area contributed by atoms with Crippen molar-refractivity contribution in [3.63, 3.8) is 0 Å². The molecule has 0 fully saturated rings. The van der Waals surface area contributed by atoms with E-state index in [4.69, 9.17) is 9.47 Å². The van der Waals surface area contributed by atoms with Gasteiger partial charge in [0.2, 0.25) is 10.0 Å². The molecule has 0 aliphatic heterocycles. The maximum atomic E-state index is 12.2. The Balaban J connectivity index is 0.00000361. The van der Waals surface area contributed by atoms with Gasteiger partial charge in [-0.2, -0.15) is 0 Å². The monoisotopic (exact) mass is 388 g/mol. The van der Waals surface area contributed by atoms with Crippen LogP contribution in [0.5, 0.6) is 11.5 Å². The van der Waals surface area contributed by atoms with Crippen LogP contribution in [0.4, 0.5) is 0 Å². The second kappa shape index (κ2) is 8.68. The molecule has 0 bridgehead atoms. The summed E-state index contributed by atoms with van der Waals surface area (Å²) in [5.74, 6) is 0.739. The lowest BCUT2D eigenvalue weighted by atomic mass is 10.3. The molecular formula is C11H18BrClN2O4S. The molecule has 0 heterocycles. The van der Waals surface area contributed by atoms with Crippen LogP contribution in [0, 0.1) is 0 Å². The van der Waals surface area contributed by atoms with Crippen LogP contribution in [0.2, 0.25) is 0 Å². The Bertz CT molecular complexity index is 539. The maximum Gasteiger partial charge on any atom is 0.244 e. The Kier molecular flexibility index (Phi) is 8.45. The average Bonchev–Trinajstić information content (AvgIpc) is 2.38. The topological polar surface area (TPSA) is 76.7 Å². The van der Waals surface area contributed by atoms with Crippen molar-refractivity contribution in [1.29, 1.82) is 0 Å². The first-order chi connectivity index (χ1) is 8.96. The molecule has 0 amide bonds. The maximum absolute atomic E-state index is 12.2. The van der Waals surface area contributed by atoms with Crippen LogP contribution >= 0.6 is 28.3 Å². The van der Waals surface area contributed by atoms with Gasteiger partial charge in [-0.05, 0) is 29.0 Å². The molecule has 0 saturated heterocycles. The molecule has 0 aromatic heterocycles. The quantitative estimate of drug-likeness (QED) is 0.689. The number of nitrogens with one attached hydrogen (secondary N) is 2. The first-order valence-corrected chi connectivity index (χ1v) is 7.79. The van der Waals surface area contributed by atoms with Gasteiger partial charge in [-0.25, -0.2) is 13.1 Å². The number of sulfonamides is 1. The van der Waals surface area contributed by atoms with Gasteiger partial charge < -0.3 is 14.8 Å². The van der Waals surface area contributed by atoms with Crippen LogP contribution in [0.15, 0.2) is 21.5 Å². The number of halogens is 2. The molecule has 0 aliphatic carbocycles. The average molecular weight is 390 g/mol. The van der Waals surface area contributed by atoms with Gasteiger partial charge in [0.05, 0.1) is 18.7 Å². The normalized spacial score (nSPS) is 10.8. The molecule has 9 heteroatoms. The number of likely N-dealkylation sites (N-methyl/N-ethyl adjacent to an activating group) is 1. The van der Waals surface area contributed by atoms with Crippen molar-refractivity contribution in [2.75, 3.05) is 34.4 Å². The summed E-state index contributed by atoms with van der Waals surface area (Å²) in [4.78, 5) is 0.0683. The highest BCUT2D eigenvalue weighted by Crippen LogP contribution is 2.35. The standard InChI is InChI=1S/C11H17BrN2O4S.ClH/c1-13-4-5-14-19(15,16)11-6-8(12)9(17-2)7-10(11)18-3;/h6-7,13-14H,4-5H2,1-3H3;1H. The van der Waals surface area contributed by atoms with Gasteiger partial charge >= 0.3 is 0 Å². The molecule has 0 spiro atoms. The summed E-state index contributed by atoms with van der Waals surface area (Å²) in [7, 11) is 1.04. The number of hydrogen-bond acceptors (Lipinski definition) is 5. The van der Waals surface area contributed by atoms with E-state index in [-0.39, 0.29) is 23.1 Å². The molecule has 0 saturated carbocycles. The Morgan fingerprint density at radius 1 is 1.15 bits per heavy atom. The van der Waals surface area contributed by atoms with E-state index in [0.29, 0.717) is 23.3 Å². The zero-order valence-electron chi connectivity index (χ0n) is 11.4. The molecule has 0 unspecified atom stereocenters.